The number of carboxylic acids is 1. The maximum absolute atomic E-state index is 11.4. The minimum absolute atomic E-state index is 0.516. The molecule has 0 amide bonds. The molecule has 0 aliphatic carbocycles. The Balaban J connectivity index is 2.03. The van der Waals surface area contributed by atoms with Crippen LogP contribution in [-0.4, -0.2) is 43.9 Å². The van der Waals surface area contributed by atoms with Crippen molar-refractivity contribution in [2.24, 2.45) is 0 Å². The Morgan fingerprint density at radius 2 is 2.23 bits per heavy atom. The van der Waals surface area contributed by atoms with E-state index in [1.54, 1.807) is 17.1 Å². The molecule has 0 radical (unpaired) electrons. The fourth-order valence-corrected chi connectivity index (χ4v) is 1.80. The Labute approximate surface area is 126 Å². The second-order valence-corrected chi connectivity index (χ2v) is 4.71. The molecule has 2 aromatic heterocycles. The lowest BCUT2D eigenvalue weighted by atomic mass is 10.4. The van der Waals surface area contributed by atoms with E-state index >= 15 is 0 Å². The SMILES string of the molecule is CCCCOCCn1cc(-n2ccc(=O)c(C(=O)O)n2)cn1. The summed E-state index contributed by atoms with van der Waals surface area (Å²) < 4.78 is 8.45. The predicted molar refractivity (Wildman–Crippen MR) is 78.3 cm³/mol. The highest BCUT2D eigenvalue weighted by atomic mass is 16.5. The van der Waals surface area contributed by atoms with E-state index in [-0.39, 0.29) is 0 Å². The normalized spacial score (nSPS) is 10.8. The van der Waals surface area contributed by atoms with Gasteiger partial charge in [0.05, 0.1) is 25.5 Å². The van der Waals surface area contributed by atoms with Gasteiger partial charge in [0.15, 0.2) is 0 Å². The molecule has 0 atom stereocenters. The van der Waals surface area contributed by atoms with Gasteiger partial charge in [-0.3, -0.25) is 9.48 Å². The van der Waals surface area contributed by atoms with E-state index in [0.717, 1.165) is 19.4 Å². The second-order valence-electron chi connectivity index (χ2n) is 4.71. The average Bonchev–Trinajstić information content (AvgIpc) is 2.96. The van der Waals surface area contributed by atoms with Gasteiger partial charge in [0.1, 0.15) is 5.69 Å². The third-order valence-electron chi connectivity index (χ3n) is 3.00. The highest BCUT2D eigenvalue weighted by Crippen LogP contribution is 2.04. The largest absolute Gasteiger partial charge is 0.476 e. The van der Waals surface area contributed by atoms with Crippen molar-refractivity contribution in [3.63, 3.8) is 0 Å². The zero-order valence-electron chi connectivity index (χ0n) is 12.3. The molecule has 0 saturated heterocycles. The fraction of sp³-hybridized carbons (Fsp3) is 0.429. The maximum atomic E-state index is 11.4. The van der Waals surface area contributed by atoms with E-state index in [1.165, 1.54) is 16.9 Å². The molecule has 118 valence electrons. The number of nitrogens with zero attached hydrogens (tertiary/aromatic N) is 4. The van der Waals surface area contributed by atoms with Gasteiger partial charge in [-0.05, 0) is 6.42 Å². The lowest BCUT2D eigenvalue weighted by Gasteiger charge is -2.04. The first-order chi connectivity index (χ1) is 10.6. The van der Waals surface area contributed by atoms with Crippen LogP contribution < -0.4 is 5.43 Å². The summed E-state index contributed by atoms with van der Waals surface area (Å²) in [5, 5.41) is 16.9. The summed E-state index contributed by atoms with van der Waals surface area (Å²) >= 11 is 0. The van der Waals surface area contributed by atoms with E-state index in [9.17, 15) is 9.59 Å². The van der Waals surface area contributed by atoms with Gasteiger partial charge >= 0.3 is 5.97 Å². The first kappa shape index (κ1) is 15.9. The molecule has 0 bridgehead atoms. The van der Waals surface area contributed by atoms with Gasteiger partial charge in [0.25, 0.3) is 0 Å². The third-order valence-corrected chi connectivity index (χ3v) is 3.00. The van der Waals surface area contributed by atoms with Gasteiger partial charge in [0.2, 0.25) is 11.1 Å². The predicted octanol–water partition coefficient (Wildman–Crippen LogP) is 0.944. The molecule has 2 heterocycles. The quantitative estimate of drug-likeness (QED) is 0.729. The molecule has 0 unspecified atom stereocenters. The molecule has 0 aliphatic heterocycles. The zero-order valence-corrected chi connectivity index (χ0v) is 12.3. The summed E-state index contributed by atoms with van der Waals surface area (Å²) in [5.41, 5.74) is -0.560. The van der Waals surface area contributed by atoms with Crippen molar-refractivity contribution in [2.75, 3.05) is 13.2 Å². The lowest BCUT2D eigenvalue weighted by Crippen LogP contribution is -2.20. The van der Waals surface area contributed by atoms with Crippen LogP contribution >= 0.6 is 0 Å². The summed E-state index contributed by atoms with van der Waals surface area (Å²) in [5.74, 6) is -1.35. The molecule has 1 N–H and O–H groups in total. The van der Waals surface area contributed by atoms with Crippen molar-refractivity contribution in [1.82, 2.24) is 19.6 Å². The molecule has 2 rings (SSSR count). The number of hydrogen-bond acceptors (Lipinski definition) is 5. The number of rotatable bonds is 8. The van der Waals surface area contributed by atoms with Crippen molar-refractivity contribution >= 4 is 5.97 Å². The maximum Gasteiger partial charge on any atom is 0.360 e. The monoisotopic (exact) mass is 306 g/mol. The van der Waals surface area contributed by atoms with Crippen LogP contribution in [0.15, 0.2) is 29.5 Å². The van der Waals surface area contributed by atoms with Gasteiger partial charge in [0, 0.05) is 18.9 Å². The van der Waals surface area contributed by atoms with Crippen molar-refractivity contribution in [1.29, 1.82) is 0 Å². The number of aromatic nitrogens is 4. The first-order valence-electron chi connectivity index (χ1n) is 7.05. The molecule has 0 aromatic carbocycles. The van der Waals surface area contributed by atoms with Crippen LogP contribution in [0.4, 0.5) is 0 Å². The van der Waals surface area contributed by atoms with Gasteiger partial charge < -0.3 is 9.84 Å². The smallest absolute Gasteiger partial charge is 0.360 e. The van der Waals surface area contributed by atoms with E-state index < -0.39 is 17.1 Å². The molecule has 0 aliphatic rings. The minimum Gasteiger partial charge on any atom is -0.476 e. The summed E-state index contributed by atoms with van der Waals surface area (Å²) in [6, 6.07) is 1.17. The molecular formula is C14H18N4O4. The topological polar surface area (TPSA) is 99.2 Å². The molecule has 0 fully saturated rings. The van der Waals surface area contributed by atoms with Crippen LogP contribution in [0, 0.1) is 0 Å². The fourth-order valence-electron chi connectivity index (χ4n) is 1.80. The molecule has 8 nitrogen and oxygen atoms in total. The molecule has 22 heavy (non-hydrogen) atoms. The van der Waals surface area contributed by atoms with E-state index in [2.05, 4.69) is 17.1 Å². The molecular weight excluding hydrogens is 288 g/mol. The highest BCUT2D eigenvalue weighted by molar-refractivity contribution is 5.84. The number of hydrogen-bond donors (Lipinski definition) is 1. The number of carboxylic acid groups (broad SMARTS) is 1. The van der Waals surface area contributed by atoms with Gasteiger partial charge in [-0.25, -0.2) is 9.48 Å². The Morgan fingerprint density at radius 3 is 2.95 bits per heavy atom. The standard InChI is InChI=1S/C14H18N4O4/c1-2-3-7-22-8-6-17-10-11(9-15-17)18-5-4-12(19)13(16-18)14(20)21/h4-5,9-10H,2-3,6-8H2,1H3,(H,20,21). The zero-order chi connectivity index (χ0) is 15.9. The summed E-state index contributed by atoms with van der Waals surface area (Å²) in [6.45, 7) is 3.98. The van der Waals surface area contributed by atoms with Crippen LogP contribution in [0.1, 0.15) is 30.3 Å². The van der Waals surface area contributed by atoms with Crippen LogP contribution in [0.2, 0.25) is 0 Å². The van der Waals surface area contributed by atoms with Crippen LogP contribution in [-0.2, 0) is 11.3 Å². The van der Waals surface area contributed by atoms with Gasteiger partial charge in [-0.15, -0.1) is 0 Å². The van der Waals surface area contributed by atoms with Crippen LogP contribution in [0.5, 0.6) is 0 Å². The third kappa shape index (κ3) is 4.01. The van der Waals surface area contributed by atoms with E-state index in [1.807, 2.05) is 0 Å². The Kier molecular flexibility index (Phi) is 5.42. The number of aromatic carboxylic acids is 1. The van der Waals surface area contributed by atoms with Gasteiger partial charge in [-0.1, -0.05) is 13.3 Å². The number of unbranched alkanes of at least 4 members (excludes halogenated alkanes) is 1. The number of carbonyl (C=O) groups is 1. The Morgan fingerprint density at radius 1 is 1.41 bits per heavy atom. The average molecular weight is 306 g/mol. The Hall–Kier alpha value is -2.48. The molecule has 2 aromatic rings. The number of ether oxygens (including phenoxy) is 1. The highest BCUT2D eigenvalue weighted by Gasteiger charge is 2.11. The summed E-state index contributed by atoms with van der Waals surface area (Å²) in [4.78, 5) is 22.3. The second kappa shape index (κ2) is 7.51. The van der Waals surface area contributed by atoms with Crippen LogP contribution in [0.3, 0.4) is 0 Å². The van der Waals surface area contributed by atoms with E-state index in [4.69, 9.17) is 9.84 Å². The minimum atomic E-state index is -1.35. The van der Waals surface area contributed by atoms with Crippen molar-refractivity contribution in [3.8, 4) is 5.69 Å². The molecule has 0 spiro atoms. The van der Waals surface area contributed by atoms with E-state index in [0.29, 0.717) is 18.8 Å². The molecule has 8 heteroatoms. The lowest BCUT2D eigenvalue weighted by molar-refractivity contribution is 0.0687. The molecule has 0 saturated carbocycles. The first-order valence-corrected chi connectivity index (χ1v) is 7.05. The van der Waals surface area contributed by atoms with Gasteiger partial charge in [-0.2, -0.15) is 10.2 Å². The van der Waals surface area contributed by atoms with Crippen molar-refractivity contribution in [2.45, 2.75) is 26.3 Å². The Bertz CT molecular complexity index is 692. The van der Waals surface area contributed by atoms with Crippen LogP contribution in [0.25, 0.3) is 5.69 Å². The summed E-state index contributed by atoms with van der Waals surface area (Å²) in [6.07, 6.45) is 6.80. The van der Waals surface area contributed by atoms with Crippen molar-refractivity contribution < 1.29 is 14.6 Å². The summed E-state index contributed by atoms with van der Waals surface area (Å²) in [7, 11) is 0. The van der Waals surface area contributed by atoms with Crippen molar-refractivity contribution in [3.05, 3.63) is 40.6 Å².